The molecule has 0 spiro atoms. The molecule has 74 heavy (non-hydrogen) atoms. The number of methoxy groups -OCH3 is 1. The lowest BCUT2D eigenvalue weighted by Gasteiger charge is -2.29. The lowest BCUT2D eigenvalue weighted by atomic mass is 9.78. The Hall–Kier alpha value is -6.88. The topological polar surface area (TPSA) is 274 Å². The van der Waals surface area contributed by atoms with Crippen LogP contribution >= 0.6 is 12.6 Å². The Balaban J connectivity index is 0.00000103. The van der Waals surface area contributed by atoms with Crippen LogP contribution in [0.1, 0.15) is 103 Å². The molecule has 4 heterocycles. The van der Waals surface area contributed by atoms with Crippen molar-refractivity contribution in [1.82, 2.24) is 41.0 Å². The Kier molecular flexibility index (Phi) is 21.9. The minimum atomic E-state index is -1.58. The fraction of sp³-hybridized carbons (Fsp3) is 0.462. The number of aryl methyl sites for hydroxylation is 2. The number of aldehydes is 1. The zero-order chi connectivity index (χ0) is 54.1. The normalized spacial score (nSPS) is 15.4. The van der Waals surface area contributed by atoms with Crippen LogP contribution in [0.3, 0.4) is 0 Å². The molecule has 398 valence electrons. The van der Waals surface area contributed by atoms with Crippen LogP contribution in [0, 0.1) is 19.7 Å². The van der Waals surface area contributed by atoms with E-state index in [0.717, 1.165) is 22.1 Å². The summed E-state index contributed by atoms with van der Waals surface area (Å²) in [5, 5.41) is 22.7. The number of ether oxygens (including phenoxy) is 2. The number of unbranched alkanes of at least 4 members (excludes halogenated alkanes) is 2. The van der Waals surface area contributed by atoms with Crippen molar-refractivity contribution < 1.29 is 57.3 Å². The number of carbonyl (C=O) groups is 8. The van der Waals surface area contributed by atoms with Crippen LogP contribution in [-0.2, 0) is 67.4 Å². The highest BCUT2D eigenvalue weighted by atomic mass is 32.1. The summed E-state index contributed by atoms with van der Waals surface area (Å²) < 4.78 is 27.8. The van der Waals surface area contributed by atoms with Crippen molar-refractivity contribution in [3.63, 3.8) is 0 Å². The number of carbonyl (C=O) groups excluding carboxylic acids is 8. The number of fused-ring (bicyclic) bond motifs is 4. The van der Waals surface area contributed by atoms with E-state index in [-0.39, 0.29) is 87.2 Å². The Morgan fingerprint density at radius 1 is 0.878 bits per heavy atom. The molecule has 0 saturated carbocycles. The maximum Gasteiger partial charge on any atom is 0.257 e. The predicted octanol–water partition coefficient (Wildman–Crippen LogP) is 2.48. The van der Waals surface area contributed by atoms with Gasteiger partial charge in [0.05, 0.1) is 68.1 Å². The SMILES string of the molecule is CC.COCc1c(C(O)C=O)cc2n(c1=O)Cc1c-2nc2cc(F)c(C)c3c2c1C(COCNC(=O)CNC(=O)CNC(=O)CNC(=O)CNC(=O)CCCCCN1C(=O)CC(S)C1=O)CC3.Cc1ccccc1. The summed E-state index contributed by atoms with van der Waals surface area (Å²) in [6, 6.07) is 13.2. The molecule has 0 bridgehead atoms. The van der Waals surface area contributed by atoms with Crippen LogP contribution in [0.5, 0.6) is 0 Å². The second-order valence-corrected chi connectivity index (χ2v) is 18.2. The van der Waals surface area contributed by atoms with E-state index in [2.05, 4.69) is 58.3 Å². The van der Waals surface area contributed by atoms with E-state index in [9.17, 15) is 48.3 Å². The number of benzene rings is 2. The van der Waals surface area contributed by atoms with Gasteiger partial charge in [0.1, 0.15) is 18.7 Å². The number of aliphatic hydroxyl groups is 1. The average molecular weight is 1050 g/mol. The number of halogens is 1. The molecule has 1 saturated heterocycles. The van der Waals surface area contributed by atoms with E-state index >= 15 is 4.39 Å². The van der Waals surface area contributed by atoms with Gasteiger partial charge in [-0.05, 0) is 62.3 Å². The van der Waals surface area contributed by atoms with E-state index in [4.69, 9.17) is 14.5 Å². The number of amides is 7. The molecule has 6 N–H and O–H groups in total. The molecule has 1 aliphatic carbocycles. The summed E-state index contributed by atoms with van der Waals surface area (Å²) >= 11 is 4.08. The summed E-state index contributed by atoms with van der Waals surface area (Å²) in [5.41, 5.74) is 5.12. The highest BCUT2D eigenvalue weighted by Crippen LogP contribution is 2.45. The Labute approximate surface area is 433 Å². The number of nitrogens with zero attached hydrogens (tertiary/aromatic N) is 3. The summed E-state index contributed by atoms with van der Waals surface area (Å²) in [6.07, 6.45) is 1.64. The molecule has 3 atom stereocenters. The van der Waals surface area contributed by atoms with E-state index < -0.39 is 66.0 Å². The molecule has 3 unspecified atom stereocenters. The molecular weight excluding hydrogens is 980 g/mol. The average Bonchev–Trinajstić information content (AvgIpc) is 3.88. The monoisotopic (exact) mass is 1040 g/mol. The number of imide groups is 1. The predicted molar refractivity (Wildman–Crippen MR) is 274 cm³/mol. The molecule has 20 nitrogen and oxygen atoms in total. The first kappa shape index (κ1) is 58.0. The Morgan fingerprint density at radius 3 is 2.07 bits per heavy atom. The second kappa shape index (κ2) is 28.0. The van der Waals surface area contributed by atoms with E-state index in [1.807, 2.05) is 32.0 Å². The van der Waals surface area contributed by atoms with Crippen molar-refractivity contribution in [2.24, 2.45) is 0 Å². The van der Waals surface area contributed by atoms with Gasteiger partial charge >= 0.3 is 0 Å². The van der Waals surface area contributed by atoms with Gasteiger partial charge in [0.2, 0.25) is 41.4 Å². The van der Waals surface area contributed by atoms with Crippen molar-refractivity contribution >= 4 is 71.2 Å². The van der Waals surface area contributed by atoms with Crippen molar-refractivity contribution in [2.45, 2.75) is 103 Å². The number of nitrogens with one attached hydrogen (secondary N) is 5. The molecule has 2 aliphatic heterocycles. The van der Waals surface area contributed by atoms with Gasteiger partial charge in [-0.3, -0.25) is 43.3 Å². The van der Waals surface area contributed by atoms with Gasteiger partial charge in [0.25, 0.3) is 5.56 Å². The maximum absolute atomic E-state index is 15.2. The van der Waals surface area contributed by atoms with Crippen molar-refractivity contribution in [3.8, 4) is 11.4 Å². The minimum Gasteiger partial charge on any atom is -0.381 e. The molecule has 4 aromatic rings. The number of thiol groups is 1. The first-order chi connectivity index (χ1) is 35.5. The van der Waals surface area contributed by atoms with Gasteiger partial charge in [-0.2, -0.15) is 12.6 Å². The van der Waals surface area contributed by atoms with E-state index in [1.165, 1.54) is 28.2 Å². The lowest BCUT2D eigenvalue weighted by Crippen LogP contribution is -2.45. The Bertz CT molecular complexity index is 2790. The number of aromatic nitrogens is 2. The fourth-order valence-corrected chi connectivity index (χ4v) is 9.10. The van der Waals surface area contributed by atoms with Crippen molar-refractivity contribution in [1.29, 1.82) is 0 Å². The van der Waals surface area contributed by atoms with E-state index in [1.54, 1.807) is 13.0 Å². The van der Waals surface area contributed by atoms with Crippen LogP contribution in [0.4, 0.5) is 4.39 Å². The number of rotatable bonds is 22. The molecule has 0 radical (unpaired) electrons. The number of pyridine rings is 2. The first-order valence-electron chi connectivity index (χ1n) is 24.5. The van der Waals surface area contributed by atoms with Crippen LogP contribution in [0.2, 0.25) is 0 Å². The zero-order valence-corrected chi connectivity index (χ0v) is 43.2. The smallest absolute Gasteiger partial charge is 0.257 e. The number of aliphatic hydroxyl groups excluding tert-OH is 1. The second-order valence-electron chi connectivity index (χ2n) is 17.6. The highest BCUT2D eigenvalue weighted by Gasteiger charge is 2.37. The zero-order valence-electron chi connectivity index (χ0n) is 42.3. The quantitative estimate of drug-likeness (QED) is 0.0173. The van der Waals surface area contributed by atoms with Crippen LogP contribution in [-0.4, -0.2) is 126 Å². The molecule has 22 heteroatoms. The highest BCUT2D eigenvalue weighted by molar-refractivity contribution is 7.81. The number of likely N-dealkylation sites (tertiary alicyclic amines) is 1. The number of hydrogen-bond donors (Lipinski definition) is 7. The van der Waals surface area contributed by atoms with Gasteiger partial charge in [-0.15, -0.1) is 0 Å². The third-order valence-corrected chi connectivity index (χ3v) is 13.0. The molecular formula is C52H65FN8O12S. The van der Waals surface area contributed by atoms with E-state index in [0.29, 0.717) is 60.9 Å². The third kappa shape index (κ3) is 14.9. The molecule has 7 rings (SSSR count). The van der Waals surface area contributed by atoms with Gasteiger partial charge in [0.15, 0.2) is 6.29 Å². The Morgan fingerprint density at radius 2 is 1.50 bits per heavy atom. The van der Waals surface area contributed by atoms with Gasteiger partial charge in [0, 0.05) is 60.6 Å². The molecule has 7 amide bonds. The standard InChI is InChI=1S/C43H51FN8O12S.C7H8.C2H6/c1-22-24-8-7-23(39-26-17-52-30(41(26)50-29(40(24)39)11-28(22)44)10-25(31(54)18-53)27(20-63-2)42(52)61)19-64-21-49-37(59)16-48-36(58)15-47-35(57)14-46-34(56)13-45-33(55)6-4-3-5-9-51-38(60)12-32(65)43(51)62;1-7-5-3-2-4-6-7;1-2/h10-11,18,23,31-32,54,65H,3-9,12-17,19-21H2,1-2H3,(H,45,55)(H,46,56)(H,47,57)(H,48,58)(H,49,59);2-6H,1H3;1-2H3. The van der Waals surface area contributed by atoms with Gasteiger partial charge < -0.3 is 50.5 Å². The summed E-state index contributed by atoms with van der Waals surface area (Å²) in [4.78, 5) is 116. The van der Waals surface area contributed by atoms with Gasteiger partial charge in [-0.25, -0.2) is 9.37 Å². The molecule has 1 fully saturated rings. The van der Waals surface area contributed by atoms with Crippen molar-refractivity contribution in [2.75, 3.05) is 53.2 Å². The minimum absolute atomic E-state index is 0.0827. The largest absolute Gasteiger partial charge is 0.381 e. The van der Waals surface area contributed by atoms with Crippen LogP contribution < -0.4 is 32.1 Å². The fourth-order valence-electron chi connectivity index (χ4n) is 8.81. The molecule has 3 aliphatic rings. The molecule has 2 aromatic carbocycles. The summed E-state index contributed by atoms with van der Waals surface area (Å²) in [6.45, 7) is 6.20. The first-order valence-corrected chi connectivity index (χ1v) is 25.0. The third-order valence-electron chi connectivity index (χ3n) is 12.5. The van der Waals surface area contributed by atoms with Gasteiger partial charge in [-0.1, -0.05) is 56.2 Å². The van der Waals surface area contributed by atoms with Crippen LogP contribution in [0.15, 0.2) is 47.3 Å². The summed E-state index contributed by atoms with van der Waals surface area (Å²) in [7, 11) is 1.40. The lowest BCUT2D eigenvalue weighted by molar-refractivity contribution is -0.138. The molecule has 2 aromatic heterocycles. The van der Waals surface area contributed by atoms with Crippen LogP contribution in [0.25, 0.3) is 22.3 Å². The number of hydrogen-bond acceptors (Lipinski definition) is 14. The maximum atomic E-state index is 15.2. The summed E-state index contributed by atoms with van der Waals surface area (Å²) in [5.74, 6) is -4.21. The van der Waals surface area contributed by atoms with Crippen molar-refractivity contribution in [3.05, 3.63) is 97.6 Å².